The zero-order valence-electron chi connectivity index (χ0n) is 8.63. The van der Waals surface area contributed by atoms with Gasteiger partial charge in [0.25, 0.3) is 0 Å². The summed E-state index contributed by atoms with van der Waals surface area (Å²) >= 11 is 9.36. The maximum atomic E-state index is 5.87. The van der Waals surface area contributed by atoms with Crippen molar-refractivity contribution in [2.45, 2.75) is 13.0 Å². The Kier molecular flexibility index (Phi) is 4.06. The second kappa shape index (κ2) is 5.33. The monoisotopic (exact) mass is 287 g/mol. The summed E-state index contributed by atoms with van der Waals surface area (Å²) in [6.07, 6.45) is 1.25. The van der Waals surface area contributed by atoms with Crippen LogP contribution in [0.3, 0.4) is 0 Å². The highest BCUT2D eigenvalue weighted by Gasteiger charge is 2.21. The Morgan fingerprint density at radius 3 is 3.00 bits per heavy atom. The molecule has 2 rings (SSSR count). The van der Waals surface area contributed by atoms with Crippen LogP contribution in [-0.4, -0.2) is 23.9 Å². The van der Waals surface area contributed by atoms with E-state index in [0.29, 0.717) is 5.92 Å². The lowest BCUT2D eigenvalue weighted by Crippen LogP contribution is -2.20. The lowest BCUT2D eigenvalue weighted by Gasteiger charge is -2.15. The minimum Gasteiger partial charge on any atom is -0.299 e. The van der Waals surface area contributed by atoms with Crippen LogP contribution < -0.4 is 0 Å². The Labute approximate surface area is 105 Å². The number of likely N-dealkylation sites (tertiary alicyclic amines) is 1. The van der Waals surface area contributed by atoms with Gasteiger partial charge in [0.05, 0.1) is 0 Å². The van der Waals surface area contributed by atoms with E-state index in [-0.39, 0.29) is 0 Å². The van der Waals surface area contributed by atoms with Crippen molar-refractivity contribution in [1.29, 1.82) is 0 Å². The summed E-state index contributed by atoms with van der Waals surface area (Å²) in [5, 5.41) is 0. The Morgan fingerprint density at radius 1 is 1.47 bits per heavy atom. The summed E-state index contributed by atoms with van der Waals surface area (Å²) in [5.74, 6) is 1.49. The molecule has 0 bridgehead atoms. The van der Waals surface area contributed by atoms with Gasteiger partial charge in [0.1, 0.15) is 0 Å². The highest BCUT2D eigenvalue weighted by molar-refractivity contribution is 9.10. The van der Waals surface area contributed by atoms with Crippen LogP contribution in [0.5, 0.6) is 0 Å². The molecule has 1 heterocycles. The van der Waals surface area contributed by atoms with Gasteiger partial charge >= 0.3 is 0 Å². The van der Waals surface area contributed by atoms with Crippen molar-refractivity contribution in [2.75, 3.05) is 19.0 Å². The van der Waals surface area contributed by atoms with E-state index < -0.39 is 0 Å². The van der Waals surface area contributed by atoms with Crippen molar-refractivity contribution in [3.8, 4) is 0 Å². The highest BCUT2D eigenvalue weighted by Crippen LogP contribution is 2.20. The molecule has 3 heteroatoms. The summed E-state index contributed by atoms with van der Waals surface area (Å²) < 4.78 is 1.16. The van der Waals surface area contributed by atoms with Crippen molar-refractivity contribution in [2.24, 2.45) is 5.92 Å². The molecule has 1 nitrogen and oxygen atoms in total. The maximum absolute atomic E-state index is 5.87. The highest BCUT2D eigenvalue weighted by atomic mass is 79.9. The molecule has 1 aromatic rings. The fourth-order valence-electron chi connectivity index (χ4n) is 2.08. The van der Waals surface area contributed by atoms with Gasteiger partial charge in [-0.2, -0.15) is 0 Å². The SMILES string of the molecule is ClCC1CCN(Cc2cccc(Br)c2)C1. The van der Waals surface area contributed by atoms with Crippen LogP contribution in [0, 0.1) is 5.92 Å². The average molecular weight is 289 g/mol. The molecule has 1 atom stereocenters. The van der Waals surface area contributed by atoms with Crippen molar-refractivity contribution >= 4 is 27.5 Å². The van der Waals surface area contributed by atoms with Gasteiger partial charge in [0, 0.05) is 23.4 Å². The molecule has 0 aromatic heterocycles. The fourth-order valence-corrected chi connectivity index (χ4v) is 2.77. The summed E-state index contributed by atoms with van der Waals surface area (Å²) in [5.41, 5.74) is 1.37. The molecule has 1 aliphatic heterocycles. The van der Waals surface area contributed by atoms with Gasteiger partial charge in [0.15, 0.2) is 0 Å². The largest absolute Gasteiger partial charge is 0.299 e. The lowest BCUT2D eigenvalue weighted by molar-refractivity contribution is 0.321. The van der Waals surface area contributed by atoms with E-state index in [4.69, 9.17) is 11.6 Å². The zero-order valence-corrected chi connectivity index (χ0v) is 11.0. The molecule has 1 saturated heterocycles. The van der Waals surface area contributed by atoms with Gasteiger partial charge in [0.2, 0.25) is 0 Å². The van der Waals surface area contributed by atoms with E-state index in [1.54, 1.807) is 0 Å². The molecular formula is C12H15BrClN. The third-order valence-corrected chi connectivity index (χ3v) is 3.81. The fraction of sp³-hybridized carbons (Fsp3) is 0.500. The molecule has 0 N–H and O–H groups in total. The molecule has 1 aliphatic rings. The van der Waals surface area contributed by atoms with Crippen LogP contribution in [0.4, 0.5) is 0 Å². The molecule has 1 unspecified atom stereocenters. The molecule has 0 saturated carbocycles. The van der Waals surface area contributed by atoms with Crippen LogP contribution >= 0.6 is 27.5 Å². The smallest absolute Gasteiger partial charge is 0.0264 e. The molecule has 0 radical (unpaired) electrons. The molecular weight excluding hydrogens is 273 g/mol. The van der Waals surface area contributed by atoms with E-state index >= 15 is 0 Å². The Morgan fingerprint density at radius 2 is 2.33 bits per heavy atom. The molecule has 1 aromatic carbocycles. The minimum atomic E-state index is 0.693. The quantitative estimate of drug-likeness (QED) is 0.769. The minimum absolute atomic E-state index is 0.693. The summed E-state index contributed by atoms with van der Waals surface area (Å²) in [6.45, 7) is 3.38. The first-order valence-corrected chi connectivity index (χ1v) is 6.63. The summed E-state index contributed by atoms with van der Waals surface area (Å²) in [7, 11) is 0. The number of alkyl halides is 1. The summed E-state index contributed by atoms with van der Waals surface area (Å²) in [6, 6.07) is 8.52. The van der Waals surface area contributed by atoms with Crippen LogP contribution in [0.2, 0.25) is 0 Å². The molecule has 0 aliphatic carbocycles. The van der Waals surface area contributed by atoms with Crippen LogP contribution in [-0.2, 0) is 6.54 Å². The van der Waals surface area contributed by atoms with Crippen LogP contribution in [0.25, 0.3) is 0 Å². The zero-order chi connectivity index (χ0) is 10.7. The van der Waals surface area contributed by atoms with E-state index in [2.05, 4.69) is 45.1 Å². The molecule has 0 amide bonds. The third kappa shape index (κ3) is 3.20. The van der Waals surface area contributed by atoms with Crippen molar-refractivity contribution in [1.82, 2.24) is 4.90 Å². The predicted octanol–water partition coefficient (Wildman–Crippen LogP) is 3.51. The first-order chi connectivity index (χ1) is 7.28. The molecule has 1 fully saturated rings. The molecule has 82 valence electrons. The maximum Gasteiger partial charge on any atom is 0.0264 e. The van der Waals surface area contributed by atoms with Crippen molar-refractivity contribution in [3.63, 3.8) is 0 Å². The van der Waals surface area contributed by atoms with Gasteiger partial charge in [-0.1, -0.05) is 28.1 Å². The van der Waals surface area contributed by atoms with Crippen molar-refractivity contribution < 1.29 is 0 Å². The second-order valence-electron chi connectivity index (χ2n) is 4.17. The summed E-state index contributed by atoms with van der Waals surface area (Å²) in [4.78, 5) is 2.48. The van der Waals surface area contributed by atoms with Crippen LogP contribution in [0.15, 0.2) is 28.7 Å². The predicted molar refractivity (Wildman–Crippen MR) is 68.2 cm³/mol. The first kappa shape index (κ1) is 11.4. The van der Waals surface area contributed by atoms with E-state index in [1.165, 1.54) is 18.5 Å². The van der Waals surface area contributed by atoms with Crippen LogP contribution in [0.1, 0.15) is 12.0 Å². The van der Waals surface area contributed by atoms with Gasteiger partial charge in [-0.25, -0.2) is 0 Å². The molecule has 15 heavy (non-hydrogen) atoms. The topological polar surface area (TPSA) is 3.24 Å². The number of hydrogen-bond acceptors (Lipinski definition) is 1. The van der Waals surface area contributed by atoms with Gasteiger partial charge in [-0.05, 0) is 36.6 Å². The second-order valence-corrected chi connectivity index (χ2v) is 5.40. The standard InChI is InChI=1S/C12H15BrClN/c13-12-3-1-2-10(6-12)8-15-5-4-11(7-14)9-15/h1-3,6,11H,4-5,7-9H2. The third-order valence-electron chi connectivity index (χ3n) is 2.88. The van der Waals surface area contributed by atoms with Gasteiger partial charge in [-0.3, -0.25) is 4.90 Å². The first-order valence-electron chi connectivity index (χ1n) is 5.30. The lowest BCUT2D eigenvalue weighted by atomic mass is 10.2. The van der Waals surface area contributed by atoms with Gasteiger partial charge in [-0.15, -0.1) is 11.6 Å². The Hall–Kier alpha value is -0.0500. The number of hydrogen-bond donors (Lipinski definition) is 0. The van der Waals surface area contributed by atoms with E-state index in [0.717, 1.165) is 23.4 Å². The normalized spacial score (nSPS) is 22.1. The van der Waals surface area contributed by atoms with Crippen molar-refractivity contribution in [3.05, 3.63) is 34.3 Å². The van der Waals surface area contributed by atoms with Gasteiger partial charge < -0.3 is 0 Å². The Balaban J connectivity index is 1.92. The number of halogens is 2. The number of nitrogens with zero attached hydrogens (tertiary/aromatic N) is 1. The number of rotatable bonds is 3. The van der Waals surface area contributed by atoms with E-state index in [1.807, 2.05) is 0 Å². The average Bonchev–Trinajstić information content (AvgIpc) is 2.65. The Bertz CT molecular complexity index is 329. The van der Waals surface area contributed by atoms with E-state index in [9.17, 15) is 0 Å². The molecule has 0 spiro atoms. The number of benzene rings is 1.